The van der Waals surface area contributed by atoms with Gasteiger partial charge in [-0.1, -0.05) is 42.3 Å². The SMILES string of the molecule is CCCNc1nc(-c2cccc(OCC)c2)c(Cl)cc1Cl. The number of benzene rings is 1. The number of hydrogen-bond acceptors (Lipinski definition) is 3. The van der Waals surface area contributed by atoms with Gasteiger partial charge in [0.25, 0.3) is 0 Å². The number of halogens is 2. The average molecular weight is 325 g/mol. The number of ether oxygens (including phenoxy) is 1. The second-order valence-electron chi connectivity index (χ2n) is 4.54. The van der Waals surface area contributed by atoms with Gasteiger partial charge in [0.05, 0.1) is 22.3 Å². The van der Waals surface area contributed by atoms with Crippen molar-refractivity contribution < 1.29 is 4.74 Å². The van der Waals surface area contributed by atoms with Gasteiger partial charge in [-0.15, -0.1) is 0 Å². The maximum atomic E-state index is 6.28. The highest BCUT2D eigenvalue weighted by atomic mass is 35.5. The van der Waals surface area contributed by atoms with E-state index >= 15 is 0 Å². The van der Waals surface area contributed by atoms with Crippen LogP contribution in [0.5, 0.6) is 5.75 Å². The Morgan fingerprint density at radius 3 is 2.67 bits per heavy atom. The number of anilines is 1. The molecule has 3 nitrogen and oxygen atoms in total. The van der Waals surface area contributed by atoms with Crippen LogP contribution >= 0.6 is 23.2 Å². The van der Waals surface area contributed by atoms with Crippen LogP contribution in [0.3, 0.4) is 0 Å². The topological polar surface area (TPSA) is 34.2 Å². The lowest BCUT2D eigenvalue weighted by Crippen LogP contribution is -2.03. The first-order valence-corrected chi connectivity index (χ1v) is 7.74. The van der Waals surface area contributed by atoms with Gasteiger partial charge in [0.1, 0.15) is 11.6 Å². The molecule has 0 saturated carbocycles. The fraction of sp³-hybridized carbons (Fsp3) is 0.312. The summed E-state index contributed by atoms with van der Waals surface area (Å²) < 4.78 is 5.51. The standard InChI is InChI=1S/C16H18Cl2N2O/c1-3-8-19-16-14(18)10-13(17)15(20-16)11-6-5-7-12(9-11)21-4-2/h5-7,9-10H,3-4,8H2,1-2H3,(H,19,20). The van der Waals surface area contributed by atoms with Crippen molar-refractivity contribution >= 4 is 29.0 Å². The molecule has 0 aliphatic rings. The number of nitrogens with one attached hydrogen (secondary N) is 1. The van der Waals surface area contributed by atoms with Gasteiger partial charge in [0.15, 0.2) is 0 Å². The summed E-state index contributed by atoms with van der Waals surface area (Å²) in [5.74, 6) is 1.45. The van der Waals surface area contributed by atoms with Crippen LogP contribution in [0.1, 0.15) is 20.3 Å². The van der Waals surface area contributed by atoms with E-state index in [9.17, 15) is 0 Å². The van der Waals surface area contributed by atoms with E-state index in [0.29, 0.717) is 28.2 Å². The monoisotopic (exact) mass is 324 g/mol. The average Bonchev–Trinajstić information content (AvgIpc) is 2.47. The minimum atomic E-state index is 0.524. The fourth-order valence-corrected chi connectivity index (χ4v) is 2.47. The first-order chi connectivity index (χ1) is 10.2. The van der Waals surface area contributed by atoms with Gasteiger partial charge in [-0.25, -0.2) is 4.98 Å². The van der Waals surface area contributed by atoms with Crippen molar-refractivity contribution in [1.29, 1.82) is 0 Å². The lowest BCUT2D eigenvalue weighted by atomic mass is 10.1. The molecule has 112 valence electrons. The smallest absolute Gasteiger partial charge is 0.145 e. The molecule has 1 aromatic carbocycles. The zero-order valence-corrected chi connectivity index (χ0v) is 13.6. The molecule has 0 atom stereocenters. The molecular formula is C16H18Cl2N2O. The molecule has 21 heavy (non-hydrogen) atoms. The lowest BCUT2D eigenvalue weighted by molar-refractivity contribution is 0.340. The molecule has 0 aliphatic carbocycles. The summed E-state index contributed by atoms with van der Waals surface area (Å²) in [6, 6.07) is 9.43. The Bertz CT molecular complexity index is 617. The Balaban J connectivity index is 2.40. The van der Waals surface area contributed by atoms with E-state index in [4.69, 9.17) is 27.9 Å². The molecule has 0 spiro atoms. The number of rotatable bonds is 6. The van der Waals surface area contributed by atoms with Crippen molar-refractivity contribution in [3.05, 3.63) is 40.4 Å². The Morgan fingerprint density at radius 1 is 1.14 bits per heavy atom. The van der Waals surface area contributed by atoms with Gasteiger partial charge in [0, 0.05) is 12.1 Å². The first-order valence-electron chi connectivity index (χ1n) is 6.98. The molecule has 0 unspecified atom stereocenters. The van der Waals surface area contributed by atoms with Gasteiger partial charge in [0.2, 0.25) is 0 Å². The second kappa shape index (κ2) is 7.53. The van der Waals surface area contributed by atoms with E-state index in [1.54, 1.807) is 6.07 Å². The van der Waals surface area contributed by atoms with Gasteiger partial charge >= 0.3 is 0 Å². The van der Waals surface area contributed by atoms with Crippen molar-refractivity contribution in [2.24, 2.45) is 0 Å². The molecule has 0 fully saturated rings. The summed E-state index contributed by atoms with van der Waals surface area (Å²) in [4.78, 5) is 4.55. The Morgan fingerprint density at radius 2 is 1.95 bits per heavy atom. The number of nitrogens with zero attached hydrogens (tertiary/aromatic N) is 1. The molecule has 2 aromatic rings. The van der Waals surface area contributed by atoms with E-state index in [0.717, 1.165) is 24.3 Å². The van der Waals surface area contributed by atoms with Crippen LogP contribution in [-0.4, -0.2) is 18.1 Å². The number of aromatic nitrogens is 1. The minimum absolute atomic E-state index is 0.524. The normalized spacial score (nSPS) is 10.5. The number of hydrogen-bond donors (Lipinski definition) is 1. The molecule has 0 bridgehead atoms. The Hall–Kier alpha value is -1.45. The molecule has 1 aromatic heterocycles. The first kappa shape index (κ1) is 15.9. The molecule has 0 radical (unpaired) electrons. The summed E-state index contributed by atoms with van der Waals surface area (Å²) in [5, 5.41) is 4.26. The Labute approximate surface area is 135 Å². The van der Waals surface area contributed by atoms with Gasteiger partial charge in [-0.05, 0) is 31.5 Å². The zero-order valence-electron chi connectivity index (χ0n) is 12.1. The summed E-state index contributed by atoms with van der Waals surface area (Å²) in [6.07, 6.45) is 0.996. The van der Waals surface area contributed by atoms with Crippen LogP contribution in [0.4, 0.5) is 5.82 Å². The predicted octanol–water partition coefficient (Wildman–Crippen LogP) is 5.28. The van der Waals surface area contributed by atoms with Gasteiger partial charge in [-0.2, -0.15) is 0 Å². The van der Waals surface area contributed by atoms with E-state index in [1.165, 1.54) is 0 Å². The van der Waals surface area contributed by atoms with Gasteiger partial charge < -0.3 is 10.1 Å². The van der Waals surface area contributed by atoms with E-state index in [-0.39, 0.29) is 0 Å². The third-order valence-corrected chi connectivity index (χ3v) is 3.47. The molecule has 0 aliphatic heterocycles. The lowest BCUT2D eigenvalue weighted by Gasteiger charge is -2.11. The molecule has 0 saturated heterocycles. The summed E-state index contributed by atoms with van der Waals surface area (Å²) in [6.45, 7) is 5.47. The van der Waals surface area contributed by atoms with E-state index in [1.807, 2.05) is 31.2 Å². The van der Waals surface area contributed by atoms with Crippen LogP contribution < -0.4 is 10.1 Å². The molecule has 2 rings (SSSR count). The van der Waals surface area contributed by atoms with Crippen molar-refractivity contribution in [3.8, 4) is 17.0 Å². The van der Waals surface area contributed by atoms with Crippen LogP contribution in [0, 0.1) is 0 Å². The van der Waals surface area contributed by atoms with E-state index in [2.05, 4.69) is 17.2 Å². The molecule has 0 amide bonds. The zero-order chi connectivity index (χ0) is 15.2. The molecular weight excluding hydrogens is 307 g/mol. The third-order valence-electron chi connectivity index (χ3n) is 2.89. The minimum Gasteiger partial charge on any atom is -0.494 e. The highest BCUT2D eigenvalue weighted by Gasteiger charge is 2.11. The fourth-order valence-electron chi connectivity index (χ4n) is 1.94. The van der Waals surface area contributed by atoms with Crippen molar-refractivity contribution in [2.75, 3.05) is 18.5 Å². The van der Waals surface area contributed by atoms with Crippen molar-refractivity contribution in [3.63, 3.8) is 0 Å². The molecule has 1 N–H and O–H groups in total. The van der Waals surface area contributed by atoms with E-state index < -0.39 is 0 Å². The predicted molar refractivity (Wildman–Crippen MR) is 89.6 cm³/mol. The third kappa shape index (κ3) is 4.02. The maximum absolute atomic E-state index is 6.28. The van der Waals surface area contributed by atoms with Gasteiger partial charge in [-0.3, -0.25) is 0 Å². The maximum Gasteiger partial charge on any atom is 0.145 e. The highest BCUT2D eigenvalue weighted by Crippen LogP contribution is 2.33. The molecule has 5 heteroatoms. The summed E-state index contributed by atoms with van der Waals surface area (Å²) in [7, 11) is 0. The summed E-state index contributed by atoms with van der Waals surface area (Å²) >= 11 is 12.5. The molecule has 1 heterocycles. The van der Waals surface area contributed by atoms with Crippen molar-refractivity contribution in [1.82, 2.24) is 4.98 Å². The quantitative estimate of drug-likeness (QED) is 0.785. The van der Waals surface area contributed by atoms with Crippen LogP contribution in [-0.2, 0) is 0 Å². The second-order valence-corrected chi connectivity index (χ2v) is 5.35. The van der Waals surface area contributed by atoms with Crippen LogP contribution in [0.2, 0.25) is 10.0 Å². The Kier molecular flexibility index (Phi) is 5.71. The van der Waals surface area contributed by atoms with Crippen LogP contribution in [0.25, 0.3) is 11.3 Å². The number of pyridine rings is 1. The summed E-state index contributed by atoms with van der Waals surface area (Å²) in [5.41, 5.74) is 1.60. The van der Waals surface area contributed by atoms with Crippen molar-refractivity contribution in [2.45, 2.75) is 20.3 Å². The highest BCUT2D eigenvalue weighted by molar-refractivity contribution is 6.37. The van der Waals surface area contributed by atoms with Crippen LogP contribution in [0.15, 0.2) is 30.3 Å². The largest absolute Gasteiger partial charge is 0.494 e.